The minimum Gasteiger partial charge on any atom is -0.496 e. The monoisotopic (exact) mass is 236 g/mol. The van der Waals surface area contributed by atoms with E-state index < -0.39 is 0 Å². The van der Waals surface area contributed by atoms with Gasteiger partial charge in [0.15, 0.2) is 0 Å². The van der Waals surface area contributed by atoms with Gasteiger partial charge in [0.05, 0.1) is 7.11 Å². The highest BCUT2D eigenvalue weighted by Gasteiger charge is 2.17. The zero-order valence-electron chi connectivity index (χ0n) is 11.4. The van der Waals surface area contributed by atoms with E-state index in [1.807, 2.05) is 19.9 Å². The average Bonchev–Trinajstić information content (AvgIpc) is 2.27. The van der Waals surface area contributed by atoms with Gasteiger partial charge < -0.3 is 16.2 Å². The molecule has 3 heteroatoms. The molecule has 17 heavy (non-hydrogen) atoms. The quantitative estimate of drug-likeness (QED) is 0.844. The van der Waals surface area contributed by atoms with Crippen LogP contribution in [-0.2, 0) is 0 Å². The van der Waals surface area contributed by atoms with Crippen LogP contribution in [0.15, 0.2) is 12.1 Å². The summed E-state index contributed by atoms with van der Waals surface area (Å²) in [5, 5.41) is 0. The lowest BCUT2D eigenvalue weighted by Crippen LogP contribution is -2.31. The molecule has 0 aliphatic heterocycles. The van der Waals surface area contributed by atoms with Crippen molar-refractivity contribution in [2.45, 2.75) is 45.7 Å². The fraction of sp³-hybridized carbons (Fsp3) is 0.571. The average molecular weight is 236 g/mol. The molecule has 0 saturated carbocycles. The minimum absolute atomic E-state index is 0.0536. The van der Waals surface area contributed by atoms with Gasteiger partial charge in [0, 0.05) is 12.1 Å². The summed E-state index contributed by atoms with van der Waals surface area (Å²) >= 11 is 0. The Kier molecular flexibility index (Phi) is 4.54. The molecule has 0 heterocycles. The van der Waals surface area contributed by atoms with Gasteiger partial charge in [-0.1, -0.05) is 13.8 Å². The van der Waals surface area contributed by atoms with Crippen molar-refractivity contribution in [3.05, 3.63) is 28.8 Å². The fourth-order valence-corrected chi connectivity index (χ4v) is 1.99. The molecule has 0 saturated heterocycles. The molecule has 1 aromatic carbocycles. The van der Waals surface area contributed by atoms with Crippen molar-refractivity contribution >= 4 is 0 Å². The standard InChI is InChI=1S/C14H24N2O/c1-8(2)11-7-12(14(16)10(4)15)9(3)6-13(11)17-5/h6-8,10,14H,15-16H2,1-5H3. The maximum absolute atomic E-state index is 6.13. The molecule has 0 bridgehead atoms. The first kappa shape index (κ1) is 14.0. The van der Waals surface area contributed by atoms with E-state index in [0.29, 0.717) is 5.92 Å². The fourth-order valence-electron chi connectivity index (χ4n) is 1.99. The molecule has 0 aliphatic carbocycles. The molecule has 0 aliphatic rings. The number of ether oxygens (including phenoxy) is 1. The summed E-state index contributed by atoms with van der Waals surface area (Å²) in [7, 11) is 1.70. The summed E-state index contributed by atoms with van der Waals surface area (Å²) in [6, 6.07) is 4.00. The summed E-state index contributed by atoms with van der Waals surface area (Å²) in [5.41, 5.74) is 15.4. The molecule has 96 valence electrons. The van der Waals surface area contributed by atoms with Crippen molar-refractivity contribution < 1.29 is 4.74 Å². The number of methoxy groups -OCH3 is 1. The predicted octanol–water partition coefficient (Wildman–Crippen LogP) is 2.47. The Balaban J connectivity index is 3.29. The van der Waals surface area contributed by atoms with E-state index in [4.69, 9.17) is 16.2 Å². The summed E-state index contributed by atoms with van der Waals surface area (Å²) in [4.78, 5) is 0. The van der Waals surface area contributed by atoms with E-state index >= 15 is 0 Å². The van der Waals surface area contributed by atoms with Crippen LogP contribution in [0.5, 0.6) is 5.75 Å². The molecule has 0 amide bonds. The molecule has 2 unspecified atom stereocenters. The number of aryl methyl sites for hydroxylation is 1. The van der Waals surface area contributed by atoms with Crippen LogP contribution in [0.25, 0.3) is 0 Å². The molecule has 1 rings (SSSR count). The lowest BCUT2D eigenvalue weighted by molar-refractivity contribution is 0.406. The van der Waals surface area contributed by atoms with Gasteiger partial charge >= 0.3 is 0 Å². The van der Waals surface area contributed by atoms with Crippen LogP contribution < -0.4 is 16.2 Å². The number of hydrogen-bond donors (Lipinski definition) is 2. The van der Waals surface area contributed by atoms with Gasteiger partial charge in [-0.25, -0.2) is 0 Å². The van der Waals surface area contributed by atoms with Crippen LogP contribution in [-0.4, -0.2) is 13.2 Å². The number of hydrogen-bond acceptors (Lipinski definition) is 3. The normalized spacial score (nSPS) is 14.8. The Morgan fingerprint density at radius 3 is 2.06 bits per heavy atom. The van der Waals surface area contributed by atoms with Gasteiger partial charge in [-0.2, -0.15) is 0 Å². The first-order chi connectivity index (χ1) is 7.88. The minimum atomic E-state index is -0.126. The predicted molar refractivity (Wildman–Crippen MR) is 72.4 cm³/mol. The third-order valence-electron chi connectivity index (χ3n) is 3.17. The van der Waals surface area contributed by atoms with E-state index in [2.05, 4.69) is 19.9 Å². The van der Waals surface area contributed by atoms with Crippen LogP contribution in [0.1, 0.15) is 49.4 Å². The van der Waals surface area contributed by atoms with Crippen molar-refractivity contribution in [2.24, 2.45) is 11.5 Å². The molecule has 0 aromatic heterocycles. The lowest BCUT2D eigenvalue weighted by atomic mass is 9.91. The first-order valence-corrected chi connectivity index (χ1v) is 6.08. The molecule has 0 spiro atoms. The van der Waals surface area contributed by atoms with E-state index in [1.165, 1.54) is 5.56 Å². The molecule has 3 nitrogen and oxygen atoms in total. The first-order valence-electron chi connectivity index (χ1n) is 6.08. The van der Waals surface area contributed by atoms with Crippen LogP contribution in [0.4, 0.5) is 0 Å². The van der Waals surface area contributed by atoms with Crippen LogP contribution >= 0.6 is 0 Å². The topological polar surface area (TPSA) is 61.3 Å². The Morgan fingerprint density at radius 2 is 1.65 bits per heavy atom. The number of rotatable bonds is 4. The zero-order valence-corrected chi connectivity index (χ0v) is 11.4. The summed E-state index contributed by atoms with van der Waals surface area (Å²) in [6.07, 6.45) is 0. The Morgan fingerprint density at radius 1 is 1.06 bits per heavy atom. The SMILES string of the molecule is COc1cc(C)c(C(N)C(C)N)cc1C(C)C. The maximum atomic E-state index is 6.13. The Labute approximate surface area is 104 Å². The van der Waals surface area contributed by atoms with Crippen LogP contribution in [0.3, 0.4) is 0 Å². The zero-order chi connectivity index (χ0) is 13.2. The third-order valence-corrected chi connectivity index (χ3v) is 3.17. The van der Waals surface area contributed by atoms with Crippen molar-refractivity contribution in [1.29, 1.82) is 0 Å². The molecular weight excluding hydrogens is 212 g/mol. The molecular formula is C14H24N2O. The van der Waals surface area contributed by atoms with E-state index in [1.54, 1.807) is 7.11 Å². The highest BCUT2D eigenvalue weighted by molar-refractivity contribution is 5.45. The van der Waals surface area contributed by atoms with Gasteiger partial charge in [-0.15, -0.1) is 0 Å². The third kappa shape index (κ3) is 2.99. The Bertz CT molecular complexity index is 386. The van der Waals surface area contributed by atoms with E-state index in [9.17, 15) is 0 Å². The largest absolute Gasteiger partial charge is 0.496 e. The molecule has 0 radical (unpaired) electrons. The van der Waals surface area contributed by atoms with Crippen LogP contribution in [0, 0.1) is 6.92 Å². The maximum Gasteiger partial charge on any atom is 0.122 e. The lowest BCUT2D eigenvalue weighted by Gasteiger charge is -2.22. The van der Waals surface area contributed by atoms with Gasteiger partial charge in [0.1, 0.15) is 5.75 Å². The number of nitrogens with two attached hydrogens (primary N) is 2. The van der Waals surface area contributed by atoms with Gasteiger partial charge in [-0.05, 0) is 48.6 Å². The van der Waals surface area contributed by atoms with Crippen LogP contribution in [0.2, 0.25) is 0 Å². The number of benzene rings is 1. The second kappa shape index (κ2) is 5.52. The second-order valence-corrected chi connectivity index (χ2v) is 4.99. The highest BCUT2D eigenvalue weighted by atomic mass is 16.5. The Hall–Kier alpha value is -1.06. The molecule has 0 fully saturated rings. The van der Waals surface area contributed by atoms with Crippen molar-refractivity contribution in [1.82, 2.24) is 0 Å². The van der Waals surface area contributed by atoms with Crippen molar-refractivity contribution in [2.75, 3.05) is 7.11 Å². The van der Waals surface area contributed by atoms with Crippen molar-refractivity contribution in [3.8, 4) is 5.75 Å². The molecule has 2 atom stereocenters. The summed E-state index contributed by atoms with van der Waals surface area (Å²) in [5.74, 6) is 1.34. The molecule has 4 N–H and O–H groups in total. The smallest absolute Gasteiger partial charge is 0.122 e. The van der Waals surface area contributed by atoms with E-state index in [0.717, 1.165) is 16.9 Å². The van der Waals surface area contributed by atoms with E-state index in [-0.39, 0.29) is 12.1 Å². The van der Waals surface area contributed by atoms with Gasteiger partial charge in [0.2, 0.25) is 0 Å². The highest BCUT2D eigenvalue weighted by Crippen LogP contribution is 2.32. The summed E-state index contributed by atoms with van der Waals surface area (Å²) in [6.45, 7) is 8.27. The molecule has 1 aromatic rings. The van der Waals surface area contributed by atoms with Gasteiger partial charge in [0.25, 0.3) is 0 Å². The second-order valence-electron chi connectivity index (χ2n) is 4.99. The van der Waals surface area contributed by atoms with Gasteiger partial charge in [-0.3, -0.25) is 0 Å². The summed E-state index contributed by atoms with van der Waals surface area (Å²) < 4.78 is 5.41. The van der Waals surface area contributed by atoms with Crippen molar-refractivity contribution in [3.63, 3.8) is 0 Å².